The van der Waals surface area contributed by atoms with Gasteiger partial charge in [-0.05, 0) is 36.9 Å². The quantitative estimate of drug-likeness (QED) is 0.742. The lowest BCUT2D eigenvalue weighted by Gasteiger charge is -2.25. The number of nitrogens with one attached hydrogen (secondary N) is 1. The van der Waals surface area contributed by atoms with Crippen molar-refractivity contribution in [3.63, 3.8) is 0 Å². The Kier molecular flexibility index (Phi) is 6.16. The molecule has 0 bridgehead atoms. The summed E-state index contributed by atoms with van der Waals surface area (Å²) < 4.78 is 1.09. The molecule has 1 rings (SSSR count). The summed E-state index contributed by atoms with van der Waals surface area (Å²) in [6, 6.07) is 6.31. The molecule has 1 aromatic rings. The number of hydrogen-bond acceptors (Lipinski definition) is 1. The molecule has 1 nitrogen and oxygen atoms in total. The summed E-state index contributed by atoms with van der Waals surface area (Å²) in [6.45, 7) is 9.91. The molecule has 0 amide bonds. The maximum atomic E-state index is 6.34. The average Bonchev–Trinajstić information content (AvgIpc) is 2.24. The van der Waals surface area contributed by atoms with Gasteiger partial charge in [-0.25, -0.2) is 0 Å². The van der Waals surface area contributed by atoms with Gasteiger partial charge in [0.2, 0.25) is 0 Å². The predicted molar refractivity (Wildman–Crippen MR) is 84.3 cm³/mol. The largest absolute Gasteiger partial charge is 0.310 e. The fraction of sp³-hybridized carbons (Fsp3) is 0.600. The first-order valence-corrected chi connectivity index (χ1v) is 7.69. The van der Waals surface area contributed by atoms with Crippen molar-refractivity contribution in [3.8, 4) is 0 Å². The van der Waals surface area contributed by atoms with Gasteiger partial charge in [0.25, 0.3) is 0 Å². The molecule has 0 aliphatic heterocycles. The Balaban J connectivity index is 2.90. The minimum atomic E-state index is 0.317. The zero-order chi connectivity index (χ0) is 13.8. The third-order valence-electron chi connectivity index (χ3n) is 2.98. The van der Waals surface area contributed by atoms with Gasteiger partial charge in [0, 0.05) is 21.1 Å². The van der Waals surface area contributed by atoms with Gasteiger partial charge in [-0.15, -0.1) is 0 Å². The number of rotatable bonds is 5. The average molecular weight is 333 g/mol. The van der Waals surface area contributed by atoms with Crippen molar-refractivity contribution in [2.75, 3.05) is 6.54 Å². The van der Waals surface area contributed by atoms with Crippen molar-refractivity contribution >= 4 is 27.5 Å². The lowest BCUT2D eigenvalue weighted by atomic mass is 9.87. The maximum absolute atomic E-state index is 6.34. The van der Waals surface area contributed by atoms with Crippen LogP contribution in [0.2, 0.25) is 5.02 Å². The van der Waals surface area contributed by atoms with Gasteiger partial charge in [-0.2, -0.15) is 0 Å². The van der Waals surface area contributed by atoms with Crippen LogP contribution in [0.25, 0.3) is 0 Å². The van der Waals surface area contributed by atoms with E-state index < -0.39 is 0 Å². The van der Waals surface area contributed by atoms with E-state index in [1.807, 2.05) is 12.1 Å². The number of halogens is 2. The number of benzene rings is 1. The summed E-state index contributed by atoms with van der Waals surface area (Å²) in [4.78, 5) is 0. The van der Waals surface area contributed by atoms with E-state index in [9.17, 15) is 0 Å². The van der Waals surface area contributed by atoms with E-state index in [2.05, 4.69) is 55.0 Å². The molecule has 1 unspecified atom stereocenters. The molecule has 0 radical (unpaired) electrons. The Labute approximate surface area is 124 Å². The highest BCUT2D eigenvalue weighted by Crippen LogP contribution is 2.35. The fourth-order valence-corrected chi connectivity index (χ4v) is 3.08. The second kappa shape index (κ2) is 6.93. The molecule has 0 aromatic heterocycles. The lowest BCUT2D eigenvalue weighted by molar-refractivity contribution is 0.333. The van der Waals surface area contributed by atoms with Gasteiger partial charge in [0.15, 0.2) is 0 Å². The summed E-state index contributed by atoms with van der Waals surface area (Å²) >= 11 is 9.95. The van der Waals surface area contributed by atoms with Crippen LogP contribution in [-0.2, 0) is 0 Å². The smallest absolute Gasteiger partial charge is 0.0465 e. The Bertz CT molecular complexity index is 364. The highest BCUT2D eigenvalue weighted by molar-refractivity contribution is 9.10. The second-order valence-electron chi connectivity index (χ2n) is 5.84. The Hall–Kier alpha value is -0.0500. The first-order valence-electron chi connectivity index (χ1n) is 6.52. The lowest BCUT2D eigenvalue weighted by Crippen LogP contribution is -2.23. The van der Waals surface area contributed by atoms with E-state index in [-0.39, 0.29) is 0 Å². The van der Waals surface area contributed by atoms with Crippen molar-refractivity contribution in [1.29, 1.82) is 0 Å². The third kappa shape index (κ3) is 4.91. The summed E-state index contributed by atoms with van der Waals surface area (Å²) in [5.74, 6) is 0. The first-order chi connectivity index (χ1) is 8.35. The van der Waals surface area contributed by atoms with E-state index in [0.717, 1.165) is 22.5 Å². The molecule has 0 heterocycles. The van der Waals surface area contributed by atoms with Crippen LogP contribution in [0.4, 0.5) is 0 Å². The van der Waals surface area contributed by atoms with Gasteiger partial charge >= 0.3 is 0 Å². The molecule has 102 valence electrons. The molecule has 0 aliphatic rings. The normalized spacial score (nSPS) is 13.7. The molecule has 18 heavy (non-hydrogen) atoms. The van der Waals surface area contributed by atoms with Crippen molar-refractivity contribution in [1.82, 2.24) is 5.32 Å². The Morgan fingerprint density at radius 1 is 1.33 bits per heavy atom. The van der Waals surface area contributed by atoms with Gasteiger partial charge in [0.1, 0.15) is 0 Å². The van der Waals surface area contributed by atoms with Crippen LogP contribution in [0.3, 0.4) is 0 Å². The first kappa shape index (κ1) is 16.0. The number of hydrogen-bond donors (Lipinski definition) is 1. The molecule has 0 saturated heterocycles. The van der Waals surface area contributed by atoms with E-state index in [1.54, 1.807) is 0 Å². The van der Waals surface area contributed by atoms with Crippen LogP contribution >= 0.6 is 27.5 Å². The van der Waals surface area contributed by atoms with Gasteiger partial charge in [0.05, 0.1) is 0 Å². The minimum Gasteiger partial charge on any atom is -0.310 e. The Morgan fingerprint density at radius 2 is 2.00 bits per heavy atom. The molecule has 0 fully saturated rings. The summed E-state index contributed by atoms with van der Waals surface area (Å²) in [7, 11) is 0. The molecule has 3 heteroatoms. The molecule has 1 atom stereocenters. The van der Waals surface area contributed by atoms with Crippen LogP contribution in [0, 0.1) is 5.41 Å². The highest BCUT2D eigenvalue weighted by atomic mass is 79.9. The SMILES string of the molecule is CCNC(CCC(C)(C)C)c1c(Cl)cccc1Br. The van der Waals surface area contributed by atoms with Gasteiger partial charge < -0.3 is 5.32 Å². The van der Waals surface area contributed by atoms with Crippen molar-refractivity contribution in [2.24, 2.45) is 5.41 Å². The zero-order valence-corrected chi connectivity index (χ0v) is 14.0. The van der Waals surface area contributed by atoms with Gasteiger partial charge in [-0.1, -0.05) is 61.3 Å². The highest BCUT2D eigenvalue weighted by Gasteiger charge is 2.20. The summed E-state index contributed by atoms with van der Waals surface area (Å²) in [6.07, 6.45) is 2.27. The van der Waals surface area contributed by atoms with E-state index in [0.29, 0.717) is 11.5 Å². The fourth-order valence-electron chi connectivity index (χ4n) is 2.02. The molecule has 0 aliphatic carbocycles. The topological polar surface area (TPSA) is 12.0 Å². The monoisotopic (exact) mass is 331 g/mol. The third-order valence-corrected chi connectivity index (χ3v) is 4.00. The van der Waals surface area contributed by atoms with Gasteiger partial charge in [-0.3, -0.25) is 0 Å². The zero-order valence-electron chi connectivity index (χ0n) is 11.7. The second-order valence-corrected chi connectivity index (χ2v) is 7.11. The summed E-state index contributed by atoms with van der Waals surface area (Å²) in [5, 5.41) is 4.38. The standard InChI is InChI=1S/C15H23BrClN/c1-5-18-13(9-10-15(2,3)4)14-11(16)7-6-8-12(14)17/h6-8,13,18H,5,9-10H2,1-4H3. The van der Waals surface area contributed by atoms with Crippen LogP contribution in [0.5, 0.6) is 0 Å². The van der Waals surface area contributed by atoms with Crippen LogP contribution in [-0.4, -0.2) is 6.54 Å². The van der Waals surface area contributed by atoms with Crippen molar-refractivity contribution in [2.45, 2.75) is 46.6 Å². The van der Waals surface area contributed by atoms with E-state index in [4.69, 9.17) is 11.6 Å². The Morgan fingerprint density at radius 3 is 2.50 bits per heavy atom. The van der Waals surface area contributed by atoms with E-state index >= 15 is 0 Å². The van der Waals surface area contributed by atoms with E-state index in [1.165, 1.54) is 12.0 Å². The molecule has 1 aromatic carbocycles. The summed E-state index contributed by atoms with van der Waals surface area (Å²) in [5.41, 5.74) is 1.53. The molecule has 0 saturated carbocycles. The van der Waals surface area contributed by atoms with Crippen LogP contribution < -0.4 is 5.32 Å². The van der Waals surface area contributed by atoms with Crippen molar-refractivity contribution < 1.29 is 0 Å². The molecule has 1 N–H and O–H groups in total. The van der Waals surface area contributed by atoms with Crippen LogP contribution in [0.1, 0.15) is 52.1 Å². The maximum Gasteiger partial charge on any atom is 0.0465 e. The predicted octanol–water partition coefficient (Wildman–Crippen LogP) is 5.58. The van der Waals surface area contributed by atoms with Crippen molar-refractivity contribution in [3.05, 3.63) is 33.3 Å². The molecular weight excluding hydrogens is 310 g/mol. The molecule has 0 spiro atoms. The molecular formula is C15H23BrClN. The minimum absolute atomic E-state index is 0.317. The van der Waals surface area contributed by atoms with Crippen LogP contribution in [0.15, 0.2) is 22.7 Å².